The highest BCUT2D eigenvalue weighted by Crippen LogP contribution is 2.16. The van der Waals surface area contributed by atoms with Crippen LogP contribution in [0.3, 0.4) is 0 Å². The summed E-state index contributed by atoms with van der Waals surface area (Å²) >= 11 is 0. The molecule has 0 amide bonds. The van der Waals surface area contributed by atoms with E-state index in [0.717, 1.165) is 6.42 Å². The van der Waals surface area contributed by atoms with Gasteiger partial charge in [-0.2, -0.15) is 0 Å². The lowest BCUT2D eigenvalue weighted by atomic mass is 9.91. The van der Waals surface area contributed by atoms with Crippen LogP contribution in [0.1, 0.15) is 24.8 Å². The molecule has 1 unspecified atom stereocenters. The van der Waals surface area contributed by atoms with Crippen molar-refractivity contribution in [1.29, 1.82) is 0 Å². The topological polar surface area (TPSA) is 20.2 Å². The van der Waals surface area contributed by atoms with E-state index in [4.69, 9.17) is 5.11 Å². The molecule has 0 heterocycles. The van der Waals surface area contributed by atoms with Crippen LogP contribution in [0.15, 0.2) is 24.3 Å². The lowest BCUT2D eigenvalue weighted by molar-refractivity contribution is 0.262. The number of aliphatic hydroxyl groups is 1. The van der Waals surface area contributed by atoms with Gasteiger partial charge < -0.3 is 5.11 Å². The minimum atomic E-state index is 0.250. The van der Waals surface area contributed by atoms with E-state index in [9.17, 15) is 0 Å². The molecule has 12 heavy (non-hydrogen) atoms. The molecule has 0 saturated carbocycles. The molecule has 1 aromatic carbocycles. The van der Waals surface area contributed by atoms with Gasteiger partial charge in [-0.1, -0.05) is 36.7 Å². The van der Waals surface area contributed by atoms with Gasteiger partial charge >= 0.3 is 0 Å². The number of hydrogen-bond acceptors (Lipinski definition) is 1. The Kier molecular flexibility index (Phi) is 3.36. The Hall–Kier alpha value is -0.755. The molecular formula is C10H15BO. The molecule has 1 N–H and O–H groups in total. The molecule has 0 fully saturated rings. The van der Waals surface area contributed by atoms with Gasteiger partial charge in [0.2, 0.25) is 0 Å². The van der Waals surface area contributed by atoms with E-state index >= 15 is 0 Å². The molecule has 0 saturated heterocycles. The van der Waals surface area contributed by atoms with Gasteiger partial charge in [-0.15, -0.1) is 0 Å². The molecule has 1 nitrogen and oxygen atoms in total. The summed E-state index contributed by atoms with van der Waals surface area (Å²) in [5.74, 6) is 0.311. The summed E-state index contributed by atoms with van der Waals surface area (Å²) in [6, 6.07) is 8.38. The van der Waals surface area contributed by atoms with Crippen LogP contribution >= 0.6 is 0 Å². The van der Waals surface area contributed by atoms with Gasteiger partial charge in [0.05, 0.1) is 0 Å². The van der Waals surface area contributed by atoms with Crippen molar-refractivity contribution in [2.24, 2.45) is 0 Å². The van der Waals surface area contributed by atoms with E-state index in [2.05, 4.69) is 39.0 Å². The van der Waals surface area contributed by atoms with Gasteiger partial charge in [-0.05, 0) is 12.0 Å². The fourth-order valence-corrected chi connectivity index (χ4v) is 1.31. The second-order valence-corrected chi connectivity index (χ2v) is 3.20. The molecule has 0 spiro atoms. The van der Waals surface area contributed by atoms with Crippen molar-refractivity contribution in [3.05, 3.63) is 29.8 Å². The van der Waals surface area contributed by atoms with Crippen LogP contribution in [0.25, 0.3) is 0 Å². The van der Waals surface area contributed by atoms with E-state index in [0.29, 0.717) is 5.92 Å². The van der Waals surface area contributed by atoms with Crippen molar-refractivity contribution >= 4 is 13.3 Å². The quantitative estimate of drug-likeness (QED) is 0.639. The zero-order valence-electron chi connectivity index (χ0n) is 7.75. The first-order valence-electron chi connectivity index (χ1n) is 4.45. The Balaban J connectivity index is 2.80. The maximum atomic E-state index is 9.05. The molecule has 2 heteroatoms. The summed E-state index contributed by atoms with van der Waals surface area (Å²) in [5, 5.41) is 9.05. The van der Waals surface area contributed by atoms with E-state index in [1.165, 1.54) is 11.0 Å². The summed E-state index contributed by atoms with van der Waals surface area (Å²) in [6.45, 7) is 2.35. The van der Waals surface area contributed by atoms with Gasteiger partial charge in [-0.25, -0.2) is 0 Å². The monoisotopic (exact) mass is 162 g/mol. The second-order valence-electron chi connectivity index (χ2n) is 3.20. The summed E-state index contributed by atoms with van der Waals surface area (Å²) < 4.78 is 0. The Morgan fingerprint density at radius 1 is 1.33 bits per heavy atom. The van der Waals surface area contributed by atoms with Crippen LogP contribution in [-0.2, 0) is 0 Å². The van der Waals surface area contributed by atoms with Crippen molar-refractivity contribution in [3.8, 4) is 0 Å². The lowest BCUT2D eigenvalue weighted by Gasteiger charge is -2.11. The summed E-state index contributed by atoms with van der Waals surface area (Å²) in [4.78, 5) is 0. The Morgan fingerprint density at radius 3 is 2.33 bits per heavy atom. The maximum Gasteiger partial charge on any atom is 0.139 e. The Bertz CT molecular complexity index is 226. The Morgan fingerprint density at radius 2 is 1.92 bits per heavy atom. The highest BCUT2D eigenvalue weighted by molar-refractivity contribution is 6.32. The number of hydrogen-bond donors (Lipinski definition) is 1. The smallest absolute Gasteiger partial charge is 0.139 e. The standard InChI is InChI=1S/C10H15BO/c1-2-8(7-12)9-3-5-10(11)6-4-9/h3-6,8,12H,2,7,11H2,1H3. The van der Waals surface area contributed by atoms with Crippen LogP contribution in [-0.4, -0.2) is 19.6 Å². The molecule has 1 rings (SSSR count). The number of aliphatic hydroxyl groups excluding tert-OH is 1. The lowest BCUT2D eigenvalue weighted by Crippen LogP contribution is -2.06. The van der Waals surface area contributed by atoms with Crippen LogP contribution in [0.5, 0.6) is 0 Å². The highest BCUT2D eigenvalue weighted by atomic mass is 16.3. The van der Waals surface area contributed by atoms with E-state index in [-0.39, 0.29) is 6.61 Å². The van der Waals surface area contributed by atoms with Gasteiger partial charge in [0.15, 0.2) is 0 Å². The van der Waals surface area contributed by atoms with E-state index in [1.54, 1.807) is 0 Å². The fraction of sp³-hybridized carbons (Fsp3) is 0.400. The molecule has 0 bridgehead atoms. The average Bonchev–Trinajstić information content (AvgIpc) is 2.10. The Labute approximate surface area is 74.8 Å². The van der Waals surface area contributed by atoms with Crippen molar-refractivity contribution < 1.29 is 5.11 Å². The van der Waals surface area contributed by atoms with Gasteiger partial charge in [0.25, 0.3) is 0 Å². The number of benzene rings is 1. The third kappa shape index (κ3) is 2.11. The van der Waals surface area contributed by atoms with Crippen LogP contribution in [0.4, 0.5) is 0 Å². The largest absolute Gasteiger partial charge is 0.396 e. The van der Waals surface area contributed by atoms with Crippen molar-refractivity contribution in [1.82, 2.24) is 0 Å². The van der Waals surface area contributed by atoms with Crippen LogP contribution in [0.2, 0.25) is 0 Å². The van der Waals surface area contributed by atoms with Crippen LogP contribution < -0.4 is 5.46 Å². The van der Waals surface area contributed by atoms with Gasteiger partial charge in [-0.3, -0.25) is 0 Å². The maximum absolute atomic E-state index is 9.05. The van der Waals surface area contributed by atoms with Crippen LogP contribution in [0, 0.1) is 0 Å². The molecule has 0 aliphatic carbocycles. The average molecular weight is 162 g/mol. The normalized spacial score (nSPS) is 12.8. The fourth-order valence-electron chi connectivity index (χ4n) is 1.31. The molecule has 64 valence electrons. The van der Waals surface area contributed by atoms with Crippen molar-refractivity contribution in [2.75, 3.05) is 6.61 Å². The number of rotatable bonds is 3. The highest BCUT2D eigenvalue weighted by Gasteiger charge is 2.06. The van der Waals surface area contributed by atoms with Crippen molar-refractivity contribution in [2.45, 2.75) is 19.3 Å². The van der Waals surface area contributed by atoms with E-state index in [1.807, 2.05) is 0 Å². The molecule has 1 atom stereocenters. The zero-order chi connectivity index (χ0) is 8.97. The van der Waals surface area contributed by atoms with Gasteiger partial charge in [0.1, 0.15) is 7.85 Å². The summed E-state index contributed by atoms with van der Waals surface area (Å²) in [6.07, 6.45) is 1.000. The minimum Gasteiger partial charge on any atom is -0.396 e. The summed E-state index contributed by atoms with van der Waals surface area (Å²) in [7, 11) is 2.07. The molecule has 0 aliphatic heterocycles. The third-order valence-electron chi connectivity index (χ3n) is 2.26. The predicted octanol–water partition coefficient (Wildman–Crippen LogP) is 0.431. The van der Waals surface area contributed by atoms with Crippen molar-refractivity contribution in [3.63, 3.8) is 0 Å². The molecule has 0 aliphatic rings. The molecular weight excluding hydrogens is 147 g/mol. The first-order chi connectivity index (χ1) is 5.77. The predicted molar refractivity (Wildman–Crippen MR) is 54.7 cm³/mol. The third-order valence-corrected chi connectivity index (χ3v) is 2.26. The second kappa shape index (κ2) is 4.32. The first-order valence-corrected chi connectivity index (χ1v) is 4.45. The molecule has 0 aromatic heterocycles. The minimum absolute atomic E-state index is 0.250. The first kappa shape index (κ1) is 9.33. The molecule has 0 radical (unpaired) electrons. The summed E-state index contributed by atoms with van der Waals surface area (Å²) in [5.41, 5.74) is 2.51. The molecule has 1 aromatic rings. The zero-order valence-corrected chi connectivity index (χ0v) is 7.75. The van der Waals surface area contributed by atoms with E-state index < -0.39 is 0 Å². The van der Waals surface area contributed by atoms with Gasteiger partial charge in [0, 0.05) is 12.5 Å². The SMILES string of the molecule is Bc1ccc(C(CC)CO)cc1.